The summed E-state index contributed by atoms with van der Waals surface area (Å²) in [5, 5.41) is 15.8. The molecule has 1 aliphatic heterocycles. The van der Waals surface area contributed by atoms with Gasteiger partial charge in [0.05, 0.1) is 12.7 Å². The predicted molar refractivity (Wildman–Crippen MR) is 126 cm³/mol. The van der Waals surface area contributed by atoms with Crippen LogP contribution in [0.5, 0.6) is 11.5 Å². The van der Waals surface area contributed by atoms with Gasteiger partial charge in [-0.05, 0) is 49.4 Å². The normalized spacial score (nSPS) is 14.4. The van der Waals surface area contributed by atoms with Crippen molar-refractivity contribution in [3.63, 3.8) is 0 Å². The molecule has 182 valence electrons. The van der Waals surface area contributed by atoms with Crippen molar-refractivity contribution in [1.82, 2.24) is 15.6 Å². The number of hydrogen-bond acceptors (Lipinski definition) is 7. The fraction of sp³-hybridized carbons (Fsp3) is 0.200. The first-order valence-corrected chi connectivity index (χ1v) is 10.7. The van der Waals surface area contributed by atoms with E-state index in [9.17, 15) is 23.9 Å². The number of pyridine rings is 1. The Kier molecular flexibility index (Phi) is 8.47. The van der Waals surface area contributed by atoms with E-state index in [0.717, 1.165) is 19.5 Å². The number of primary amides is 1. The maximum atomic E-state index is 14.1. The van der Waals surface area contributed by atoms with Crippen molar-refractivity contribution in [2.45, 2.75) is 12.5 Å². The summed E-state index contributed by atoms with van der Waals surface area (Å²) < 4.78 is 18.9. The predicted octanol–water partition coefficient (Wildman–Crippen LogP) is 2.04. The first kappa shape index (κ1) is 25.3. The van der Waals surface area contributed by atoms with E-state index in [1.807, 2.05) is 0 Å². The van der Waals surface area contributed by atoms with Crippen molar-refractivity contribution in [3.8, 4) is 11.5 Å². The van der Waals surface area contributed by atoms with Crippen LogP contribution in [0.3, 0.4) is 0 Å². The number of methoxy groups -OCH3 is 1. The van der Waals surface area contributed by atoms with Crippen molar-refractivity contribution < 1.29 is 28.6 Å². The number of phenols is 1. The molecule has 3 aromatic rings. The average Bonchev–Trinajstić information content (AvgIpc) is 3.38. The number of nitrogens with one attached hydrogen (secondary N) is 2. The van der Waals surface area contributed by atoms with Gasteiger partial charge in [-0.3, -0.25) is 19.4 Å². The van der Waals surface area contributed by atoms with Crippen molar-refractivity contribution >= 4 is 17.6 Å². The van der Waals surface area contributed by atoms with Gasteiger partial charge in [0.15, 0.2) is 17.3 Å². The van der Waals surface area contributed by atoms with Gasteiger partial charge >= 0.3 is 0 Å². The smallest absolute Gasteiger partial charge is 0.253 e. The number of benzene rings is 2. The monoisotopic (exact) mass is 480 g/mol. The summed E-state index contributed by atoms with van der Waals surface area (Å²) in [7, 11) is 1.26. The molecule has 2 amide bonds. The molecular weight excluding hydrogens is 455 g/mol. The number of ketones is 1. The van der Waals surface area contributed by atoms with Crippen molar-refractivity contribution in [1.29, 1.82) is 0 Å². The third kappa shape index (κ3) is 6.39. The van der Waals surface area contributed by atoms with E-state index >= 15 is 0 Å². The van der Waals surface area contributed by atoms with E-state index in [1.165, 1.54) is 43.5 Å². The molecule has 0 saturated carbocycles. The SMILES string of the molecule is COc1ccc(O)c(C(=O)c2ccc(C(N)=O)cc2)c1F.O=C(N[C@H]1CCNC1)c1cccnc1. The van der Waals surface area contributed by atoms with Crippen LogP contribution in [0, 0.1) is 5.82 Å². The molecule has 1 aliphatic rings. The summed E-state index contributed by atoms with van der Waals surface area (Å²) in [4.78, 5) is 38.8. The van der Waals surface area contributed by atoms with Gasteiger partial charge < -0.3 is 26.2 Å². The van der Waals surface area contributed by atoms with Gasteiger partial charge in [-0.2, -0.15) is 0 Å². The fourth-order valence-corrected chi connectivity index (χ4v) is 3.39. The molecule has 10 heteroatoms. The zero-order valence-electron chi connectivity index (χ0n) is 19.0. The van der Waals surface area contributed by atoms with Crippen LogP contribution in [-0.4, -0.2) is 53.9 Å². The lowest BCUT2D eigenvalue weighted by atomic mass is 10.00. The van der Waals surface area contributed by atoms with Crippen LogP contribution in [0.2, 0.25) is 0 Å². The van der Waals surface area contributed by atoms with Crippen LogP contribution < -0.4 is 21.1 Å². The van der Waals surface area contributed by atoms with Crippen LogP contribution in [-0.2, 0) is 0 Å². The van der Waals surface area contributed by atoms with Crippen LogP contribution in [0.25, 0.3) is 0 Å². The molecule has 2 aromatic carbocycles. The van der Waals surface area contributed by atoms with Crippen LogP contribution >= 0.6 is 0 Å². The number of hydrogen-bond donors (Lipinski definition) is 4. The minimum Gasteiger partial charge on any atom is -0.507 e. The zero-order chi connectivity index (χ0) is 25.4. The molecule has 1 atom stereocenters. The Labute approximate surface area is 201 Å². The summed E-state index contributed by atoms with van der Waals surface area (Å²) in [6.07, 6.45) is 4.25. The topological polar surface area (TPSA) is 144 Å². The average molecular weight is 480 g/mol. The van der Waals surface area contributed by atoms with Gasteiger partial charge in [-0.1, -0.05) is 12.1 Å². The maximum Gasteiger partial charge on any atom is 0.253 e. The summed E-state index contributed by atoms with van der Waals surface area (Å²) in [5.41, 5.74) is 5.57. The molecule has 0 aliphatic carbocycles. The number of nitrogens with two attached hydrogens (primary N) is 1. The molecule has 1 aromatic heterocycles. The van der Waals surface area contributed by atoms with E-state index in [1.54, 1.807) is 24.5 Å². The van der Waals surface area contributed by atoms with Crippen LogP contribution in [0.4, 0.5) is 4.39 Å². The lowest BCUT2D eigenvalue weighted by Gasteiger charge is -2.10. The Balaban J connectivity index is 0.000000211. The molecule has 35 heavy (non-hydrogen) atoms. The van der Waals surface area contributed by atoms with E-state index in [4.69, 9.17) is 10.5 Å². The Morgan fingerprint density at radius 1 is 1.11 bits per heavy atom. The van der Waals surface area contributed by atoms with E-state index in [0.29, 0.717) is 5.56 Å². The number of phenolic OH excluding ortho intramolecular Hbond substituents is 1. The molecular formula is C25H25FN4O5. The number of amides is 2. The molecule has 2 heterocycles. The Bertz CT molecular complexity index is 1200. The molecule has 1 saturated heterocycles. The van der Waals surface area contributed by atoms with Gasteiger partial charge in [0.2, 0.25) is 5.91 Å². The van der Waals surface area contributed by atoms with Gasteiger partial charge in [0.1, 0.15) is 11.3 Å². The first-order valence-electron chi connectivity index (χ1n) is 10.7. The van der Waals surface area contributed by atoms with Gasteiger partial charge in [0.25, 0.3) is 5.91 Å². The number of carbonyl (C=O) groups is 3. The van der Waals surface area contributed by atoms with Crippen LogP contribution in [0.15, 0.2) is 60.9 Å². The van der Waals surface area contributed by atoms with Crippen molar-refractivity contribution in [3.05, 3.63) is 89.0 Å². The third-order valence-corrected chi connectivity index (χ3v) is 5.28. The highest BCUT2D eigenvalue weighted by Gasteiger charge is 2.22. The summed E-state index contributed by atoms with van der Waals surface area (Å²) >= 11 is 0. The fourth-order valence-electron chi connectivity index (χ4n) is 3.39. The number of rotatable bonds is 6. The van der Waals surface area contributed by atoms with Crippen molar-refractivity contribution in [2.24, 2.45) is 5.73 Å². The Morgan fingerprint density at radius 3 is 2.40 bits per heavy atom. The van der Waals surface area contributed by atoms with Crippen LogP contribution in [0.1, 0.15) is 43.1 Å². The number of ether oxygens (including phenoxy) is 1. The zero-order valence-corrected chi connectivity index (χ0v) is 19.0. The summed E-state index contributed by atoms with van der Waals surface area (Å²) in [6, 6.07) is 11.6. The highest BCUT2D eigenvalue weighted by atomic mass is 19.1. The van der Waals surface area contributed by atoms with Gasteiger partial charge in [0, 0.05) is 36.1 Å². The molecule has 0 spiro atoms. The lowest BCUT2D eigenvalue weighted by molar-refractivity contribution is 0.0938. The molecule has 0 bridgehead atoms. The standard InChI is InChI=1S/C15H12FNO4.C10H13N3O/c1-21-11-7-6-10(18)12(13(11)16)14(19)8-2-4-9(5-3-8)15(17)20;14-10(8-2-1-4-11-6-8)13-9-3-5-12-7-9/h2-7,18H,1H3,(H2,17,20);1-2,4,6,9,12H,3,5,7H2,(H,13,14)/t;9-/m.0/s1. The van der Waals surface area contributed by atoms with E-state index < -0.39 is 28.8 Å². The second-order valence-corrected chi connectivity index (χ2v) is 7.65. The number of halogens is 1. The molecule has 1 fully saturated rings. The Hall–Kier alpha value is -4.31. The second-order valence-electron chi connectivity index (χ2n) is 7.65. The number of aromatic nitrogens is 1. The van der Waals surface area contributed by atoms with E-state index in [-0.39, 0.29) is 28.8 Å². The Morgan fingerprint density at radius 2 is 1.83 bits per heavy atom. The maximum absolute atomic E-state index is 14.1. The number of carbonyl (C=O) groups excluding carboxylic acids is 3. The largest absolute Gasteiger partial charge is 0.507 e. The molecule has 4 rings (SSSR count). The second kappa shape index (κ2) is 11.7. The minimum absolute atomic E-state index is 0.0354. The minimum atomic E-state index is -0.943. The third-order valence-electron chi connectivity index (χ3n) is 5.28. The summed E-state index contributed by atoms with van der Waals surface area (Å²) in [6.45, 7) is 1.85. The van der Waals surface area contributed by atoms with Crippen molar-refractivity contribution in [2.75, 3.05) is 20.2 Å². The molecule has 5 N–H and O–H groups in total. The molecule has 9 nitrogen and oxygen atoms in total. The molecule has 0 radical (unpaired) electrons. The highest BCUT2D eigenvalue weighted by molar-refractivity contribution is 6.11. The highest BCUT2D eigenvalue weighted by Crippen LogP contribution is 2.30. The summed E-state index contributed by atoms with van der Waals surface area (Å²) in [5.74, 6) is -2.97. The lowest BCUT2D eigenvalue weighted by Crippen LogP contribution is -2.36. The first-order chi connectivity index (χ1) is 16.8. The van der Waals surface area contributed by atoms with Gasteiger partial charge in [-0.25, -0.2) is 4.39 Å². The van der Waals surface area contributed by atoms with Gasteiger partial charge in [-0.15, -0.1) is 0 Å². The molecule has 0 unspecified atom stereocenters. The number of nitrogens with zero attached hydrogens (tertiary/aromatic N) is 1. The number of aromatic hydroxyl groups is 1. The quantitative estimate of drug-likeness (QED) is 0.395. The van der Waals surface area contributed by atoms with E-state index in [2.05, 4.69) is 15.6 Å².